The first kappa shape index (κ1) is 21.5. The van der Waals surface area contributed by atoms with Crippen molar-refractivity contribution in [2.75, 3.05) is 0 Å². The summed E-state index contributed by atoms with van der Waals surface area (Å²) in [5.74, 6) is 2.29. The first-order valence-electron chi connectivity index (χ1n) is 11.7. The second-order valence-corrected chi connectivity index (χ2v) is 10.5. The van der Waals surface area contributed by atoms with Gasteiger partial charge in [-0.1, -0.05) is 32.0 Å². The molecule has 0 fully saturated rings. The summed E-state index contributed by atoms with van der Waals surface area (Å²) in [7, 11) is 2.11. The number of aromatic nitrogens is 1. The van der Waals surface area contributed by atoms with Gasteiger partial charge in [0.15, 0.2) is 6.20 Å². The zero-order chi connectivity index (χ0) is 23.7. The summed E-state index contributed by atoms with van der Waals surface area (Å²) in [6, 6.07) is 13.4. The van der Waals surface area contributed by atoms with E-state index in [-0.39, 0.29) is 0 Å². The van der Waals surface area contributed by atoms with Gasteiger partial charge in [-0.3, -0.25) is 0 Å². The van der Waals surface area contributed by atoms with Crippen molar-refractivity contribution in [2.45, 2.75) is 59.4 Å². The normalized spacial score (nSPS) is 12.7. The Hall–Kier alpha value is -3.38. The molecule has 0 unspecified atom stereocenters. The maximum atomic E-state index is 7.54. The highest BCUT2D eigenvalue weighted by Crippen LogP contribution is 2.50. The lowest BCUT2D eigenvalue weighted by Crippen LogP contribution is -2.32. The molecule has 0 spiro atoms. The monoisotopic (exact) mass is 435 g/mol. The minimum atomic E-state index is -0.425. The van der Waals surface area contributed by atoms with Gasteiger partial charge in [0.1, 0.15) is 12.8 Å². The number of pyridine rings is 1. The Balaban J connectivity index is 1.85. The highest BCUT2D eigenvalue weighted by Gasteiger charge is 2.33. The average molecular weight is 436 g/mol. The third kappa shape index (κ3) is 3.37. The maximum Gasteiger partial charge on any atom is 0.257 e. The smallest absolute Gasteiger partial charge is 0.257 e. The average Bonchev–Trinajstić information content (AvgIpc) is 2.76. The van der Waals surface area contributed by atoms with Crippen molar-refractivity contribution in [2.24, 2.45) is 7.05 Å². The van der Waals surface area contributed by atoms with Gasteiger partial charge in [0.25, 0.3) is 5.69 Å². The van der Waals surface area contributed by atoms with Gasteiger partial charge in [0.05, 0.1) is 12.0 Å². The van der Waals surface area contributed by atoms with Gasteiger partial charge in [0, 0.05) is 30.0 Å². The van der Waals surface area contributed by atoms with Crippen LogP contribution >= 0.6 is 0 Å². The fourth-order valence-electron chi connectivity index (χ4n) is 5.10. The Morgan fingerprint density at radius 3 is 2.52 bits per heavy atom. The van der Waals surface area contributed by atoms with E-state index < -0.39 is 5.54 Å². The van der Waals surface area contributed by atoms with Crippen LogP contribution in [0.15, 0.2) is 42.6 Å². The second-order valence-electron chi connectivity index (χ2n) is 10.5. The Morgan fingerprint density at radius 1 is 1.06 bits per heavy atom. The number of benzene rings is 3. The van der Waals surface area contributed by atoms with Crippen LogP contribution in [0.25, 0.3) is 37.6 Å². The number of rotatable bonds is 3. The second kappa shape index (κ2) is 7.32. The zero-order valence-corrected chi connectivity index (χ0v) is 20.6. The predicted octanol–water partition coefficient (Wildman–Crippen LogP) is 7.57. The predicted molar refractivity (Wildman–Crippen MR) is 136 cm³/mol. The highest BCUT2D eigenvalue weighted by atomic mass is 16.5. The van der Waals surface area contributed by atoms with E-state index in [0.29, 0.717) is 12.3 Å². The Bertz CT molecular complexity index is 1500. The quantitative estimate of drug-likeness (QED) is 0.211. The number of aryl methyl sites for hydroxylation is 2. The summed E-state index contributed by atoms with van der Waals surface area (Å²) in [4.78, 5) is 3.82. The minimum absolute atomic E-state index is 0.423. The van der Waals surface area contributed by atoms with Gasteiger partial charge in [-0.05, 0) is 65.6 Å². The molecule has 0 saturated carbocycles. The molecule has 4 aromatic rings. The van der Waals surface area contributed by atoms with E-state index in [1.54, 1.807) is 0 Å². The van der Waals surface area contributed by atoms with Crippen LogP contribution in [0.5, 0.6) is 11.5 Å². The topological polar surface area (TPSA) is 17.5 Å². The number of nitrogens with zero attached hydrogens (tertiary/aromatic N) is 2. The molecule has 166 valence electrons. The molecule has 3 aromatic carbocycles. The molecular weight excluding hydrogens is 404 g/mol. The lowest BCUT2D eigenvalue weighted by atomic mass is 9.87. The summed E-state index contributed by atoms with van der Waals surface area (Å²) in [5.41, 5.74) is 7.02. The van der Waals surface area contributed by atoms with Crippen LogP contribution in [0.1, 0.15) is 55.9 Å². The SMILES string of the molecule is [C-]#[N+]C(C)(C)Cc1ccc2c[n+](C)c3c(c2c1)Oc1cc(C(C)C)cc2cc(C)c(C)c-3c12. The highest BCUT2D eigenvalue weighted by molar-refractivity contribution is 6.07. The van der Waals surface area contributed by atoms with Crippen molar-refractivity contribution >= 4 is 21.5 Å². The first-order chi connectivity index (χ1) is 15.6. The summed E-state index contributed by atoms with van der Waals surface area (Å²) in [6.45, 7) is 20.4. The van der Waals surface area contributed by atoms with Gasteiger partial charge in [-0.15, -0.1) is 0 Å². The minimum Gasteiger partial charge on any atom is -0.449 e. The summed E-state index contributed by atoms with van der Waals surface area (Å²) < 4.78 is 8.97. The van der Waals surface area contributed by atoms with E-state index in [2.05, 4.69) is 86.7 Å². The largest absolute Gasteiger partial charge is 0.449 e. The van der Waals surface area contributed by atoms with E-state index in [1.165, 1.54) is 33.0 Å². The maximum absolute atomic E-state index is 7.54. The van der Waals surface area contributed by atoms with E-state index in [0.717, 1.165) is 33.5 Å². The molecule has 1 aliphatic heterocycles. The van der Waals surface area contributed by atoms with Gasteiger partial charge in [-0.25, -0.2) is 6.57 Å². The van der Waals surface area contributed by atoms with E-state index in [4.69, 9.17) is 11.3 Å². The number of hydrogen-bond acceptors (Lipinski definition) is 1. The molecule has 5 rings (SSSR count). The van der Waals surface area contributed by atoms with E-state index >= 15 is 0 Å². The van der Waals surface area contributed by atoms with Crippen LogP contribution in [-0.2, 0) is 13.5 Å². The molecule has 0 atom stereocenters. The van der Waals surface area contributed by atoms with Crippen LogP contribution < -0.4 is 9.30 Å². The molecule has 33 heavy (non-hydrogen) atoms. The Kier molecular flexibility index (Phi) is 4.76. The molecule has 0 bridgehead atoms. The van der Waals surface area contributed by atoms with Crippen molar-refractivity contribution in [3.63, 3.8) is 0 Å². The van der Waals surface area contributed by atoms with Gasteiger partial charge in [-0.2, -0.15) is 4.57 Å². The Labute approximate surface area is 196 Å². The van der Waals surface area contributed by atoms with Crippen molar-refractivity contribution < 1.29 is 9.30 Å². The molecule has 0 amide bonds. The summed E-state index contributed by atoms with van der Waals surface area (Å²) in [5, 5.41) is 4.70. The molecule has 0 aliphatic carbocycles. The number of fused-ring (bicyclic) bond motifs is 4. The fourth-order valence-corrected chi connectivity index (χ4v) is 5.10. The summed E-state index contributed by atoms with van der Waals surface area (Å²) in [6.07, 6.45) is 2.91. The molecule has 0 radical (unpaired) electrons. The molecule has 2 heterocycles. The molecule has 0 saturated heterocycles. The van der Waals surface area contributed by atoms with Crippen LogP contribution in [0, 0.1) is 20.4 Å². The summed E-state index contributed by atoms with van der Waals surface area (Å²) >= 11 is 0. The van der Waals surface area contributed by atoms with E-state index in [9.17, 15) is 0 Å². The van der Waals surface area contributed by atoms with E-state index in [1.807, 2.05) is 13.8 Å². The molecule has 1 aliphatic rings. The van der Waals surface area contributed by atoms with Crippen molar-refractivity contribution in [3.05, 3.63) is 76.3 Å². The third-order valence-electron chi connectivity index (χ3n) is 7.06. The molecule has 1 aromatic heterocycles. The number of hydrogen-bond donors (Lipinski definition) is 0. The number of ether oxygens (including phenoxy) is 1. The van der Waals surface area contributed by atoms with Crippen molar-refractivity contribution in [3.8, 4) is 22.8 Å². The van der Waals surface area contributed by atoms with Crippen LogP contribution in [0.4, 0.5) is 0 Å². The van der Waals surface area contributed by atoms with Gasteiger partial charge in [0.2, 0.25) is 11.3 Å². The Morgan fingerprint density at radius 2 is 1.82 bits per heavy atom. The van der Waals surface area contributed by atoms with Gasteiger partial charge >= 0.3 is 0 Å². The molecule has 3 nitrogen and oxygen atoms in total. The first-order valence-corrected chi connectivity index (χ1v) is 11.7. The molecule has 3 heteroatoms. The van der Waals surface area contributed by atoms with Crippen LogP contribution in [0.3, 0.4) is 0 Å². The van der Waals surface area contributed by atoms with Crippen molar-refractivity contribution in [1.82, 2.24) is 0 Å². The van der Waals surface area contributed by atoms with Crippen LogP contribution in [0.2, 0.25) is 0 Å². The molecule has 0 N–H and O–H groups in total. The lowest BCUT2D eigenvalue weighted by Gasteiger charge is -2.24. The lowest BCUT2D eigenvalue weighted by molar-refractivity contribution is -0.659. The van der Waals surface area contributed by atoms with Gasteiger partial charge < -0.3 is 9.58 Å². The van der Waals surface area contributed by atoms with Crippen LogP contribution in [-0.4, -0.2) is 5.54 Å². The van der Waals surface area contributed by atoms with Crippen molar-refractivity contribution in [1.29, 1.82) is 0 Å². The molecular formula is C30H31N2O+. The standard InChI is InChI=1S/C30H31N2O/c1-17(2)22-13-23-11-18(3)19(4)26-27(23)25(14-22)33-29-24-12-20(15-30(5,6)31-7)9-10-21(24)16-32(8)28(26)29/h9-14,16-17H,15H2,1-6,8H3/q+1. The zero-order valence-electron chi connectivity index (χ0n) is 20.6. The fraction of sp³-hybridized carbons (Fsp3) is 0.333. The third-order valence-corrected chi connectivity index (χ3v) is 7.06.